The van der Waals surface area contributed by atoms with Crippen LogP contribution in [0, 0.1) is 5.82 Å². The van der Waals surface area contributed by atoms with E-state index in [1.807, 2.05) is 0 Å². The Kier molecular flexibility index (Phi) is 3.84. The Morgan fingerprint density at radius 1 is 1.05 bits per heavy atom. The number of halogens is 2. The quantitative estimate of drug-likeness (QED) is 0.930. The zero-order chi connectivity index (χ0) is 15.7. The van der Waals surface area contributed by atoms with Crippen molar-refractivity contribution in [2.24, 2.45) is 0 Å². The molecule has 0 bridgehead atoms. The fourth-order valence-electron chi connectivity index (χ4n) is 1.97. The van der Waals surface area contributed by atoms with Gasteiger partial charge in [0.25, 0.3) is 10.0 Å². The first-order chi connectivity index (χ1) is 10.5. The molecule has 2 aromatic rings. The molecular formula is C14H11ClFNO4S. The number of hydrogen-bond acceptors (Lipinski definition) is 4. The maximum atomic E-state index is 13.7. The van der Waals surface area contributed by atoms with Gasteiger partial charge in [-0.15, -0.1) is 0 Å². The van der Waals surface area contributed by atoms with E-state index < -0.39 is 15.8 Å². The van der Waals surface area contributed by atoms with Crippen molar-refractivity contribution in [1.29, 1.82) is 0 Å². The van der Waals surface area contributed by atoms with E-state index in [0.717, 1.165) is 6.07 Å². The molecule has 116 valence electrons. The van der Waals surface area contributed by atoms with Gasteiger partial charge in [-0.2, -0.15) is 0 Å². The lowest BCUT2D eigenvalue weighted by Gasteiger charge is -2.19. The standard InChI is InChI=1S/C14H11ClFNO4S/c15-9-1-3-12(11(16)7-9)17-22(18,19)10-2-4-13-14(8-10)21-6-5-20-13/h1-4,7-8,17H,5-6H2. The Labute approximate surface area is 131 Å². The van der Waals surface area contributed by atoms with E-state index in [1.54, 1.807) is 0 Å². The Bertz CT molecular complexity index is 826. The van der Waals surface area contributed by atoms with Gasteiger partial charge in [0.05, 0.1) is 10.6 Å². The van der Waals surface area contributed by atoms with Crippen LogP contribution >= 0.6 is 11.6 Å². The minimum absolute atomic E-state index is 0.0499. The fourth-order valence-corrected chi connectivity index (χ4v) is 3.21. The topological polar surface area (TPSA) is 64.6 Å². The van der Waals surface area contributed by atoms with Crippen LogP contribution in [0.3, 0.4) is 0 Å². The summed E-state index contributed by atoms with van der Waals surface area (Å²) in [6.45, 7) is 0.753. The number of ether oxygens (including phenoxy) is 2. The number of anilines is 1. The van der Waals surface area contributed by atoms with E-state index in [4.69, 9.17) is 21.1 Å². The van der Waals surface area contributed by atoms with Crippen LogP contribution in [0.5, 0.6) is 11.5 Å². The van der Waals surface area contributed by atoms with Gasteiger partial charge in [0, 0.05) is 11.1 Å². The lowest BCUT2D eigenvalue weighted by atomic mass is 10.3. The molecule has 0 spiro atoms. The molecule has 22 heavy (non-hydrogen) atoms. The molecule has 0 saturated heterocycles. The summed E-state index contributed by atoms with van der Waals surface area (Å²) >= 11 is 5.64. The molecule has 0 aromatic heterocycles. The highest BCUT2D eigenvalue weighted by Crippen LogP contribution is 2.33. The molecule has 0 fully saturated rings. The minimum atomic E-state index is -3.95. The van der Waals surface area contributed by atoms with Gasteiger partial charge in [-0.05, 0) is 30.3 Å². The number of hydrogen-bond donors (Lipinski definition) is 1. The van der Waals surface area contributed by atoms with Crippen molar-refractivity contribution in [3.8, 4) is 11.5 Å². The molecule has 1 aliphatic heterocycles. The van der Waals surface area contributed by atoms with Gasteiger partial charge in [0.15, 0.2) is 11.5 Å². The Morgan fingerprint density at radius 3 is 2.50 bits per heavy atom. The highest BCUT2D eigenvalue weighted by atomic mass is 35.5. The third-order valence-electron chi connectivity index (χ3n) is 3.00. The first-order valence-electron chi connectivity index (χ1n) is 6.33. The summed E-state index contributed by atoms with van der Waals surface area (Å²) in [6.07, 6.45) is 0. The Balaban J connectivity index is 1.92. The highest BCUT2D eigenvalue weighted by Gasteiger charge is 2.20. The fraction of sp³-hybridized carbons (Fsp3) is 0.143. The van der Waals surface area contributed by atoms with Crippen molar-refractivity contribution in [1.82, 2.24) is 0 Å². The maximum absolute atomic E-state index is 13.7. The number of nitrogens with one attached hydrogen (secondary N) is 1. The zero-order valence-corrected chi connectivity index (χ0v) is 12.7. The van der Waals surface area contributed by atoms with Crippen LogP contribution < -0.4 is 14.2 Å². The van der Waals surface area contributed by atoms with Crippen LogP contribution in [-0.2, 0) is 10.0 Å². The molecule has 3 rings (SSSR count). The minimum Gasteiger partial charge on any atom is -0.486 e. The largest absolute Gasteiger partial charge is 0.486 e. The first-order valence-corrected chi connectivity index (χ1v) is 8.19. The molecule has 8 heteroatoms. The molecule has 1 heterocycles. The summed E-state index contributed by atoms with van der Waals surface area (Å²) in [6, 6.07) is 7.89. The van der Waals surface area contributed by atoms with Crippen LogP contribution in [0.25, 0.3) is 0 Å². The number of benzene rings is 2. The Morgan fingerprint density at radius 2 is 1.77 bits per heavy atom. The number of sulfonamides is 1. The molecule has 0 atom stereocenters. The maximum Gasteiger partial charge on any atom is 0.262 e. The van der Waals surface area contributed by atoms with E-state index in [0.29, 0.717) is 24.7 Å². The second-order valence-corrected chi connectivity index (χ2v) is 6.65. The van der Waals surface area contributed by atoms with Gasteiger partial charge in [0.1, 0.15) is 19.0 Å². The molecule has 0 amide bonds. The molecule has 0 unspecified atom stereocenters. The van der Waals surface area contributed by atoms with Gasteiger partial charge in [-0.25, -0.2) is 12.8 Å². The summed E-state index contributed by atoms with van der Waals surface area (Å²) in [5, 5.41) is 0.180. The second-order valence-electron chi connectivity index (χ2n) is 4.54. The van der Waals surface area contributed by atoms with Crippen LogP contribution in [0.15, 0.2) is 41.3 Å². The summed E-state index contributed by atoms with van der Waals surface area (Å²) in [5.74, 6) is 0.0576. The molecule has 2 aromatic carbocycles. The smallest absolute Gasteiger partial charge is 0.262 e. The summed E-state index contributed by atoms with van der Waals surface area (Å²) in [7, 11) is -3.95. The average molecular weight is 344 g/mol. The predicted octanol–water partition coefficient (Wildman–Crippen LogP) is 3.05. The van der Waals surface area contributed by atoms with Crippen molar-refractivity contribution >= 4 is 27.3 Å². The van der Waals surface area contributed by atoms with Crippen molar-refractivity contribution in [2.75, 3.05) is 17.9 Å². The van der Waals surface area contributed by atoms with Crippen molar-refractivity contribution in [3.63, 3.8) is 0 Å². The van der Waals surface area contributed by atoms with Gasteiger partial charge in [-0.3, -0.25) is 4.72 Å². The zero-order valence-electron chi connectivity index (χ0n) is 11.2. The molecule has 1 N–H and O–H groups in total. The van der Waals surface area contributed by atoms with Crippen LogP contribution in [-0.4, -0.2) is 21.6 Å². The van der Waals surface area contributed by atoms with Crippen LogP contribution in [0.4, 0.5) is 10.1 Å². The second kappa shape index (κ2) is 5.66. The van der Waals surface area contributed by atoms with E-state index in [2.05, 4.69) is 4.72 Å². The highest BCUT2D eigenvalue weighted by molar-refractivity contribution is 7.92. The summed E-state index contributed by atoms with van der Waals surface area (Å²) in [5.41, 5.74) is -0.181. The van der Waals surface area contributed by atoms with Gasteiger partial charge in [0.2, 0.25) is 0 Å². The van der Waals surface area contributed by atoms with E-state index in [-0.39, 0.29) is 15.6 Å². The lowest BCUT2D eigenvalue weighted by molar-refractivity contribution is 0.171. The molecular weight excluding hydrogens is 333 g/mol. The van der Waals surface area contributed by atoms with Gasteiger partial charge >= 0.3 is 0 Å². The predicted molar refractivity (Wildman–Crippen MR) is 79.7 cm³/mol. The third kappa shape index (κ3) is 2.95. The number of rotatable bonds is 3. The van der Waals surface area contributed by atoms with E-state index in [1.165, 1.54) is 30.3 Å². The molecule has 1 aliphatic rings. The lowest BCUT2D eigenvalue weighted by Crippen LogP contribution is -2.17. The molecule has 5 nitrogen and oxygen atoms in total. The van der Waals surface area contributed by atoms with Crippen molar-refractivity contribution < 1.29 is 22.3 Å². The molecule has 0 radical (unpaired) electrons. The van der Waals surface area contributed by atoms with Gasteiger partial charge in [-0.1, -0.05) is 11.6 Å². The monoisotopic (exact) mass is 343 g/mol. The summed E-state index contributed by atoms with van der Waals surface area (Å²) in [4.78, 5) is -0.0499. The van der Waals surface area contributed by atoms with Crippen LogP contribution in [0.1, 0.15) is 0 Å². The average Bonchev–Trinajstić information content (AvgIpc) is 2.49. The molecule has 0 saturated carbocycles. The normalized spacial score (nSPS) is 13.7. The summed E-state index contributed by atoms with van der Waals surface area (Å²) < 4.78 is 51.2. The number of fused-ring (bicyclic) bond motifs is 1. The SMILES string of the molecule is O=S(=O)(Nc1ccc(Cl)cc1F)c1ccc2c(c1)OCCO2. The van der Waals surface area contributed by atoms with Crippen molar-refractivity contribution in [2.45, 2.75) is 4.90 Å². The van der Waals surface area contributed by atoms with Crippen molar-refractivity contribution in [3.05, 3.63) is 47.2 Å². The molecule has 0 aliphatic carbocycles. The van der Waals surface area contributed by atoms with Crippen LogP contribution in [0.2, 0.25) is 5.02 Å². The Hall–Kier alpha value is -1.99. The first kappa shape index (κ1) is 14.9. The van der Waals surface area contributed by atoms with Gasteiger partial charge < -0.3 is 9.47 Å². The van der Waals surface area contributed by atoms with E-state index in [9.17, 15) is 12.8 Å². The third-order valence-corrected chi connectivity index (χ3v) is 4.60. The van der Waals surface area contributed by atoms with E-state index >= 15 is 0 Å².